The Labute approximate surface area is 128 Å². The molecule has 1 saturated heterocycles. The van der Waals surface area contributed by atoms with Gasteiger partial charge in [-0.05, 0) is 44.2 Å². The molecular formula is C16H19N3OS. The van der Waals surface area contributed by atoms with Crippen molar-refractivity contribution in [3.63, 3.8) is 0 Å². The van der Waals surface area contributed by atoms with E-state index in [0.717, 1.165) is 41.6 Å². The molecule has 0 aliphatic carbocycles. The molecule has 0 spiro atoms. The first-order valence-electron chi connectivity index (χ1n) is 7.29. The second-order valence-corrected chi connectivity index (χ2v) is 6.49. The lowest BCUT2D eigenvalue weighted by atomic mass is 10.1. The molecule has 5 heteroatoms. The third kappa shape index (κ3) is 3.13. The average Bonchev–Trinajstić information content (AvgIpc) is 3.08. The van der Waals surface area contributed by atoms with Crippen molar-refractivity contribution in [2.24, 2.45) is 0 Å². The monoisotopic (exact) mass is 301 g/mol. The molecule has 0 radical (unpaired) electrons. The van der Waals surface area contributed by atoms with E-state index in [0.29, 0.717) is 6.42 Å². The van der Waals surface area contributed by atoms with E-state index in [1.54, 1.807) is 0 Å². The fraction of sp³-hybridized carbons (Fsp3) is 0.438. The van der Waals surface area contributed by atoms with E-state index in [2.05, 4.69) is 14.9 Å². The van der Waals surface area contributed by atoms with Crippen molar-refractivity contribution in [1.82, 2.24) is 9.97 Å². The van der Waals surface area contributed by atoms with Crippen molar-refractivity contribution in [2.75, 3.05) is 11.4 Å². The number of hydrogen-bond donors (Lipinski definition) is 0. The molecule has 2 aromatic rings. The van der Waals surface area contributed by atoms with Crippen molar-refractivity contribution in [2.45, 2.75) is 39.2 Å². The molecular weight excluding hydrogens is 282 g/mol. The molecule has 0 saturated carbocycles. The fourth-order valence-corrected chi connectivity index (χ4v) is 3.57. The highest BCUT2D eigenvalue weighted by atomic mass is 32.1. The van der Waals surface area contributed by atoms with E-state index >= 15 is 0 Å². The lowest BCUT2D eigenvalue weighted by molar-refractivity contribution is 0.0978. The topological polar surface area (TPSA) is 46.1 Å². The van der Waals surface area contributed by atoms with Crippen LogP contribution in [-0.2, 0) is 0 Å². The first kappa shape index (κ1) is 14.2. The second-order valence-electron chi connectivity index (χ2n) is 5.54. The molecule has 3 rings (SSSR count). The molecule has 110 valence electrons. The van der Waals surface area contributed by atoms with Gasteiger partial charge in [0.2, 0.25) is 5.95 Å². The van der Waals surface area contributed by atoms with Crippen molar-refractivity contribution < 1.29 is 4.79 Å². The van der Waals surface area contributed by atoms with Crippen molar-refractivity contribution in [3.8, 4) is 0 Å². The van der Waals surface area contributed by atoms with Crippen LogP contribution in [0.2, 0.25) is 0 Å². The highest BCUT2D eigenvalue weighted by molar-refractivity contribution is 7.12. The standard InChI is InChI=1S/C16H19N3OS/c1-11-9-12(2)18-16(17-11)19-7-3-5-13(19)10-14(20)15-6-4-8-21-15/h4,6,8-9,13H,3,5,7,10H2,1-2H3/t13-/m1/s1. The Morgan fingerprint density at radius 2 is 2.14 bits per heavy atom. The van der Waals surface area contributed by atoms with Gasteiger partial charge in [-0.3, -0.25) is 4.79 Å². The molecule has 0 bridgehead atoms. The number of carbonyl (C=O) groups excluding carboxylic acids is 1. The molecule has 0 unspecified atom stereocenters. The number of aryl methyl sites for hydroxylation is 2. The highest BCUT2D eigenvalue weighted by Crippen LogP contribution is 2.26. The number of aromatic nitrogens is 2. The Bertz CT molecular complexity index is 619. The number of rotatable bonds is 4. The van der Waals surface area contributed by atoms with Crippen LogP contribution < -0.4 is 4.90 Å². The first-order valence-corrected chi connectivity index (χ1v) is 8.17. The quantitative estimate of drug-likeness (QED) is 0.812. The van der Waals surface area contributed by atoms with E-state index in [9.17, 15) is 4.79 Å². The van der Waals surface area contributed by atoms with Crippen LogP contribution in [0, 0.1) is 13.8 Å². The van der Waals surface area contributed by atoms with Crippen LogP contribution >= 0.6 is 11.3 Å². The van der Waals surface area contributed by atoms with Gasteiger partial charge in [-0.1, -0.05) is 6.07 Å². The summed E-state index contributed by atoms with van der Waals surface area (Å²) in [5.74, 6) is 1.00. The third-order valence-corrected chi connectivity index (χ3v) is 4.73. The summed E-state index contributed by atoms with van der Waals surface area (Å²) in [5, 5.41) is 1.95. The first-order chi connectivity index (χ1) is 10.1. The van der Waals surface area contributed by atoms with Crippen molar-refractivity contribution >= 4 is 23.1 Å². The van der Waals surface area contributed by atoms with Crippen LogP contribution in [0.3, 0.4) is 0 Å². The van der Waals surface area contributed by atoms with E-state index < -0.39 is 0 Å². The molecule has 4 nitrogen and oxygen atoms in total. The number of hydrogen-bond acceptors (Lipinski definition) is 5. The van der Waals surface area contributed by atoms with Gasteiger partial charge in [0.15, 0.2) is 5.78 Å². The number of thiophene rings is 1. The van der Waals surface area contributed by atoms with E-state index in [-0.39, 0.29) is 11.8 Å². The summed E-state index contributed by atoms with van der Waals surface area (Å²) < 4.78 is 0. The maximum absolute atomic E-state index is 12.3. The number of Topliss-reactive ketones (excluding diaryl/α,β-unsaturated/α-hetero) is 1. The molecule has 1 aliphatic rings. The Morgan fingerprint density at radius 1 is 1.38 bits per heavy atom. The van der Waals surface area contributed by atoms with Gasteiger partial charge in [-0.25, -0.2) is 9.97 Å². The minimum Gasteiger partial charge on any atom is -0.337 e. The molecule has 1 fully saturated rings. The lowest BCUT2D eigenvalue weighted by Gasteiger charge is -2.24. The number of carbonyl (C=O) groups is 1. The van der Waals surface area contributed by atoms with Gasteiger partial charge in [0.05, 0.1) is 4.88 Å². The van der Waals surface area contributed by atoms with Gasteiger partial charge in [0, 0.05) is 30.4 Å². The smallest absolute Gasteiger partial charge is 0.226 e. The molecule has 0 amide bonds. The predicted molar refractivity (Wildman–Crippen MR) is 85.1 cm³/mol. The molecule has 3 heterocycles. The van der Waals surface area contributed by atoms with Crippen LogP contribution in [0.15, 0.2) is 23.6 Å². The summed E-state index contributed by atoms with van der Waals surface area (Å²) in [5.41, 5.74) is 1.96. The summed E-state index contributed by atoms with van der Waals surface area (Å²) in [6.07, 6.45) is 2.68. The van der Waals surface area contributed by atoms with Crippen LogP contribution in [0.25, 0.3) is 0 Å². The largest absolute Gasteiger partial charge is 0.337 e. The summed E-state index contributed by atoms with van der Waals surface area (Å²) in [4.78, 5) is 24.5. The predicted octanol–water partition coefficient (Wildman–Crippen LogP) is 3.40. The lowest BCUT2D eigenvalue weighted by Crippen LogP contribution is -2.32. The summed E-state index contributed by atoms with van der Waals surface area (Å²) >= 11 is 1.52. The Balaban J connectivity index is 1.77. The molecule has 0 aromatic carbocycles. The molecule has 1 atom stereocenters. The molecule has 1 aliphatic heterocycles. The Morgan fingerprint density at radius 3 is 2.81 bits per heavy atom. The zero-order valence-electron chi connectivity index (χ0n) is 12.4. The van der Waals surface area contributed by atoms with Gasteiger partial charge in [0.25, 0.3) is 0 Å². The van der Waals surface area contributed by atoms with E-state index in [4.69, 9.17) is 0 Å². The zero-order valence-corrected chi connectivity index (χ0v) is 13.2. The highest BCUT2D eigenvalue weighted by Gasteiger charge is 2.29. The number of ketones is 1. The van der Waals surface area contributed by atoms with Crippen LogP contribution in [0.1, 0.15) is 40.3 Å². The summed E-state index contributed by atoms with van der Waals surface area (Å²) in [6, 6.07) is 6.03. The van der Waals surface area contributed by atoms with Crippen molar-refractivity contribution in [1.29, 1.82) is 0 Å². The van der Waals surface area contributed by atoms with Gasteiger partial charge in [0.1, 0.15) is 0 Å². The minimum atomic E-state index is 0.223. The van der Waals surface area contributed by atoms with Crippen molar-refractivity contribution in [3.05, 3.63) is 39.8 Å². The fourth-order valence-electron chi connectivity index (χ4n) is 2.90. The molecule has 2 aromatic heterocycles. The Kier molecular flexibility index (Phi) is 4.01. The number of nitrogens with zero attached hydrogens (tertiary/aromatic N) is 3. The summed E-state index contributed by atoms with van der Waals surface area (Å²) in [7, 11) is 0. The van der Waals surface area contributed by atoms with Crippen LogP contribution in [0.5, 0.6) is 0 Å². The van der Waals surface area contributed by atoms with Gasteiger partial charge in [-0.15, -0.1) is 11.3 Å². The second kappa shape index (κ2) is 5.93. The summed E-state index contributed by atoms with van der Waals surface area (Å²) in [6.45, 7) is 4.91. The van der Waals surface area contributed by atoms with E-state index in [1.165, 1.54) is 11.3 Å². The average molecular weight is 301 g/mol. The maximum Gasteiger partial charge on any atom is 0.226 e. The van der Waals surface area contributed by atoms with Gasteiger partial charge in [-0.2, -0.15) is 0 Å². The van der Waals surface area contributed by atoms with E-state index in [1.807, 2.05) is 37.4 Å². The Hall–Kier alpha value is -1.75. The minimum absolute atomic E-state index is 0.223. The van der Waals surface area contributed by atoms with Gasteiger partial charge >= 0.3 is 0 Å². The third-order valence-electron chi connectivity index (χ3n) is 3.82. The van der Waals surface area contributed by atoms with Crippen LogP contribution in [-0.4, -0.2) is 28.3 Å². The zero-order chi connectivity index (χ0) is 14.8. The normalized spacial score (nSPS) is 18.2. The SMILES string of the molecule is Cc1cc(C)nc(N2CCC[C@@H]2CC(=O)c2cccs2)n1. The molecule has 0 N–H and O–H groups in total. The van der Waals surface area contributed by atoms with Gasteiger partial charge < -0.3 is 4.90 Å². The van der Waals surface area contributed by atoms with Crippen LogP contribution in [0.4, 0.5) is 5.95 Å². The molecule has 21 heavy (non-hydrogen) atoms. The maximum atomic E-state index is 12.3. The number of anilines is 1.